The first kappa shape index (κ1) is 17.5. The minimum absolute atomic E-state index is 0.0621. The molecule has 0 aliphatic heterocycles. The van der Waals surface area contributed by atoms with Gasteiger partial charge in [0.15, 0.2) is 6.61 Å². The van der Waals surface area contributed by atoms with Crippen molar-refractivity contribution in [3.05, 3.63) is 29.3 Å². The van der Waals surface area contributed by atoms with E-state index in [4.69, 9.17) is 4.74 Å². The van der Waals surface area contributed by atoms with Gasteiger partial charge >= 0.3 is 17.9 Å². The number of carbonyl (C=O) groups excluding carboxylic acids is 4. The summed E-state index contributed by atoms with van der Waals surface area (Å²) in [4.78, 5) is 46.7. The number of benzene rings is 1. The molecule has 2 rings (SSSR count). The van der Waals surface area contributed by atoms with Gasteiger partial charge in [-0.3, -0.25) is 9.59 Å². The van der Waals surface area contributed by atoms with Crippen LogP contribution in [0, 0.1) is 5.92 Å². The predicted molar refractivity (Wildman–Crippen MR) is 81.4 cm³/mol. The van der Waals surface area contributed by atoms with Crippen molar-refractivity contribution in [2.75, 3.05) is 26.1 Å². The Morgan fingerprint density at radius 2 is 1.75 bits per heavy atom. The number of anilines is 1. The molecule has 8 heteroatoms. The number of nitrogens with one attached hydrogen (secondary N) is 1. The Hall–Kier alpha value is -2.90. The van der Waals surface area contributed by atoms with Crippen LogP contribution < -0.4 is 5.32 Å². The summed E-state index contributed by atoms with van der Waals surface area (Å²) in [6, 6.07) is 4.00. The lowest BCUT2D eigenvalue weighted by Gasteiger charge is -2.11. The molecule has 0 saturated heterocycles. The van der Waals surface area contributed by atoms with Gasteiger partial charge in [-0.1, -0.05) is 0 Å². The molecule has 1 aliphatic carbocycles. The third-order valence-corrected chi connectivity index (χ3v) is 3.38. The maximum Gasteiger partial charge on any atom is 0.339 e. The van der Waals surface area contributed by atoms with Crippen LogP contribution in [0.3, 0.4) is 0 Å². The summed E-state index contributed by atoms with van der Waals surface area (Å²) in [5.74, 6) is -2.47. The Balaban J connectivity index is 2.12. The number of ether oxygens (including phenoxy) is 3. The second-order valence-electron chi connectivity index (χ2n) is 5.17. The largest absolute Gasteiger partial charge is 0.465 e. The highest BCUT2D eigenvalue weighted by Gasteiger charge is 2.31. The highest BCUT2D eigenvalue weighted by Crippen LogP contribution is 2.30. The maximum absolute atomic E-state index is 11.9. The lowest BCUT2D eigenvalue weighted by atomic mass is 10.1. The van der Waals surface area contributed by atoms with Crippen LogP contribution in [0.2, 0.25) is 0 Å². The van der Waals surface area contributed by atoms with Crippen LogP contribution in [-0.2, 0) is 23.8 Å². The zero-order chi connectivity index (χ0) is 17.7. The van der Waals surface area contributed by atoms with Gasteiger partial charge in [0.2, 0.25) is 0 Å². The van der Waals surface area contributed by atoms with E-state index in [0.717, 1.165) is 12.8 Å². The first-order valence-electron chi connectivity index (χ1n) is 7.23. The van der Waals surface area contributed by atoms with Crippen LogP contribution in [0.5, 0.6) is 0 Å². The number of hydrogen-bond acceptors (Lipinski definition) is 7. The summed E-state index contributed by atoms with van der Waals surface area (Å²) in [6.07, 6.45) is 1.54. The molecule has 1 N–H and O–H groups in total. The number of methoxy groups -OCH3 is 2. The molecule has 1 fully saturated rings. The predicted octanol–water partition coefficient (Wildman–Crippen LogP) is 1.15. The fourth-order valence-electron chi connectivity index (χ4n) is 1.94. The van der Waals surface area contributed by atoms with Crippen molar-refractivity contribution in [3.8, 4) is 0 Å². The molecule has 128 valence electrons. The van der Waals surface area contributed by atoms with Crippen LogP contribution in [-0.4, -0.2) is 44.6 Å². The van der Waals surface area contributed by atoms with Gasteiger partial charge in [-0.15, -0.1) is 0 Å². The third kappa shape index (κ3) is 4.31. The number of esters is 3. The fourth-order valence-corrected chi connectivity index (χ4v) is 1.94. The lowest BCUT2D eigenvalue weighted by Crippen LogP contribution is -2.23. The minimum atomic E-state index is -0.684. The first-order valence-corrected chi connectivity index (χ1v) is 7.23. The molecule has 0 heterocycles. The van der Waals surface area contributed by atoms with E-state index in [2.05, 4.69) is 14.8 Å². The molecule has 24 heavy (non-hydrogen) atoms. The van der Waals surface area contributed by atoms with Gasteiger partial charge in [0, 0.05) is 0 Å². The molecule has 0 bridgehead atoms. The van der Waals surface area contributed by atoms with Crippen molar-refractivity contribution in [3.63, 3.8) is 0 Å². The smallest absolute Gasteiger partial charge is 0.339 e. The van der Waals surface area contributed by atoms with Crippen molar-refractivity contribution in [1.29, 1.82) is 0 Å². The molecule has 1 aromatic rings. The normalized spacial score (nSPS) is 12.9. The van der Waals surface area contributed by atoms with Crippen molar-refractivity contribution in [1.82, 2.24) is 0 Å². The second-order valence-corrected chi connectivity index (χ2v) is 5.17. The Bertz CT molecular complexity index is 679. The average molecular weight is 335 g/mol. The monoisotopic (exact) mass is 335 g/mol. The Kier molecular flexibility index (Phi) is 5.51. The summed E-state index contributed by atoms with van der Waals surface area (Å²) >= 11 is 0. The van der Waals surface area contributed by atoms with E-state index >= 15 is 0 Å². The summed E-state index contributed by atoms with van der Waals surface area (Å²) in [5, 5.41) is 2.44. The Morgan fingerprint density at radius 1 is 1.08 bits per heavy atom. The fraction of sp³-hybridized carbons (Fsp3) is 0.375. The van der Waals surface area contributed by atoms with E-state index in [1.165, 1.54) is 32.4 Å². The van der Waals surface area contributed by atoms with Crippen molar-refractivity contribution in [2.24, 2.45) is 5.92 Å². The number of rotatable bonds is 6. The topological polar surface area (TPSA) is 108 Å². The van der Waals surface area contributed by atoms with Crippen molar-refractivity contribution in [2.45, 2.75) is 12.8 Å². The Labute approximate surface area is 138 Å². The highest BCUT2D eigenvalue weighted by atomic mass is 16.5. The average Bonchev–Trinajstić information content (AvgIpc) is 3.43. The molecular formula is C16H17NO7. The maximum atomic E-state index is 11.9. The summed E-state index contributed by atoms with van der Waals surface area (Å²) in [5.41, 5.74) is 0.277. The van der Waals surface area contributed by atoms with Crippen molar-refractivity contribution >= 4 is 29.5 Å². The van der Waals surface area contributed by atoms with E-state index in [1.807, 2.05) is 0 Å². The molecular weight excluding hydrogens is 318 g/mol. The van der Waals surface area contributed by atoms with Gasteiger partial charge in [-0.25, -0.2) is 9.59 Å². The molecule has 1 aliphatic rings. The zero-order valence-electron chi connectivity index (χ0n) is 13.3. The third-order valence-electron chi connectivity index (χ3n) is 3.38. The molecule has 0 atom stereocenters. The first-order chi connectivity index (χ1) is 11.5. The van der Waals surface area contributed by atoms with Crippen molar-refractivity contribution < 1.29 is 33.4 Å². The van der Waals surface area contributed by atoms with E-state index in [9.17, 15) is 19.2 Å². The van der Waals surface area contributed by atoms with E-state index in [1.54, 1.807) is 0 Å². The van der Waals surface area contributed by atoms with Gasteiger partial charge in [-0.05, 0) is 31.0 Å². The Morgan fingerprint density at radius 3 is 2.33 bits per heavy atom. The highest BCUT2D eigenvalue weighted by molar-refractivity contribution is 6.04. The second kappa shape index (κ2) is 7.58. The van der Waals surface area contributed by atoms with Gasteiger partial charge in [0.05, 0.1) is 37.0 Å². The molecule has 1 saturated carbocycles. The molecule has 0 unspecified atom stereocenters. The quantitative estimate of drug-likeness (QED) is 0.613. The number of amides is 1. The van der Waals surface area contributed by atoms with Gasteiger partial charge in [0.25, 0.3) is 5.91 Å². The standard InChI is InChI=1S/C16H17NO7/c1-22-14(19)10-5-6-11(16(21)23-2)12(7-10)17-13(18)8-24-15(20)9-3-4-9/h5-7,9H,3-4,8H2,1-2H3,(H,17,18). The summed E-state index contributed by atoms with van der Waals surface area (Å²) < 4.78 is 14.1. The SMILES string of the molecule is COC(=O)c1ccc(C(=O)OC)c(NC(=O)COC(=O)C2CC2)c1. The summed E-state index contributed by atoms with van der Waals surface area (Å²) in [7, 11) is 2.41. The van der Waals surface area contributed by atoms with Crippen LogP contribution in [0.1, 0.15) is 33.6 Å². The van der Waals surface area contributed by atoms with Gasteiger partial charge < -0.3 is 19.5 Å². The van der Waals surface area contributed by atoms with Crippen LogP contribution in [0.4, 0.5) is 5.69 Å². The molecule has 0 radical (unpaired) electrons. The van der Waals surface area contributed by atoms with E-state index in [0.29, 0.717) is 0 Å². The van der Waals surface area contributed by atoms with Gasteiger partial charge in [-0.2, -0.15) is 0 Å². The molecule has 1 amide bonds. The van der Waals surface area contributed by atoms with Crippen LogP contribution in [0.25, 0.3) is 0 Å². The number of carbonyl (C=O) groups is 4. The minimum Gasteiger partial charge on any atom is -0.465 e. The van der Waals surface area contributed by atoms with E-state index in [-0.39, 0.29) is 22.7 Å². The summed E-state index contributed by atoms with van der Waals surface area (Å²) in [6.45, 7) is -0.474. The van der Waals surface area contributed by atoms with Gasteiger partial charge in [0.1, 0.15) is 0 Å². The molecule has 8 nitrogen and oxygen atoms in total. The molecule has 1 aromatic carbocycles. The van der Waals surface area contributed by atoms with Crippen LogP contribution in [0.15, 0.2) is 18.2 Å². The van der Waals surface area contributed by atoms with E-state index < -0.39 is 30.4 Å². The number of hydrogen-bond donors (Lipinski definition) is 1. The zero-order valence-corrected chi connectivity index (χ0v) is 13.3. The molecule has 0 aromatic heterocycles. The van der Waals surface area contributed by atoms with Crippen LogP contribution >= 0.6 is 0 Å². The lowest BCUT2D eigenvalue weighted by molar-refractivity contribution is -0.148. The molecule has 0 spiro atoms.